The minimum absolute atomic E-state index is 0.0296. The first kappa shape index (κ1) is 17.5. The molecule has 0 radical (unpaired) electrons. The van der Waals surface area contributed by atoms with E-state index in [1.165, 1.54) is 0 Å². The van der Waals surface area contributed by atoms with Crippen LogP contribution in [0.5, 0.6) is 0 Å². The highest BCUT2D eigenvalue weighted by molar-refractivity contribution is 6.32. The van der Waals surface area contributed by atoms with E-state index in [1.807, 2.05) is 13.8 Å². The summed E-state index contributed by atoms with van der Waals surface area (Å²) in [6.45, 7) is 5.44. The number of nitriles is 1. The molecule has 1 atom stereocenters. The first-order valence-electron chi connectivity index (χ1n) is 7.71. The summed E-state index contributed by atoms with van der Waals surface area (Å²) in [6.07, 6.45) is 3.34. The zero-order chi connectivity index (χ0) is 16.9. The first-order valence-corrected chi connectivity index (χ1v) is 8.09. The van der Waals surface area contributed by atoms with Crippen LogP contribution in [-0.4, -0.2) is 47.0 Å². The van der Waals surface area contributed by atoms with Crippen LogP contribution in [0.25, 0.3) is 0 Å². The average molecular weight is 336 g/mol. The van der Waals surface area contributed by atoms with Gasteiger partial charge in [0.2, 0.25) is 5.91 Å². The quantitative estimate of drug-likeness (QED) is 0.831. The molecule has 1 saturated heterocycles. The van der Waals surface area contributed by atoms with Gasteiger partial charge >= 0.3 is 0 Å². The molecule has 1 aromatic rings. The fourth-order valence-corrected chi connectivity index (χ4v) is 2.69. The molecule has 1 aliphatic heterocycles. The molecular weight excluding hydrogens is 314 g/mol. The van der Waals surface area contributed by atoms with Gasteiger partial charge in [-0.1, -0.05) is 11.6 Å². The fraction of sp³-hybridized carbons (Fsp3) is 0.562. The number of rotatable bonds is 6. The number of nitrogens with zero attached hydrogens (tertiary/aromatic N) is 3. The van der Waals surface area contributed by atoms with E-state index in [9.17, 15) is 4.79 Å². The number of aromatic nitrogens is 1. The molecule has 7 heteroatoms. The zero-order valence-corrected chi connectivity index (χ0v) is 14.2. The van der Waals surface area contributed by atoms with E-state index in [4.69, 9.17) is 16.9 Å². The second kappa shape index (κ2) is 7.62. The Labute approximate surface area is 141 Å². The second-order valence-corrected chi connectivity index (χ2v) is 6.71. The van der Waals surface area contributed by atoms with Crippen molar-refractivity contribution in [2.45, 2.75) is 38.3 Å². The Balaban J connectivity index is 1.83. The number of likely N-dealkylation sites (tertiary alicyclic amines) is 1. The molecule has 0 saturated carbocycles. The molecule has 23 heavy (non-hydrogen) atoms. The smallest absolute Gasteiger partial charge is 0.237 e. The monoisotopic (exact) mass is 335 g/mol. The number of anilines is 1. The Bertz CT molecular complexity index is 598. The summed E-state index contributed by atoms with van der Waals surface area (Å²) >= 11 is 6.06. The minimum atomic E-state index is -0.321. The van der Waals surface area contributed by atoms with Crippen LogP contribution in [0.4, 0.5) is 5.82 Å². The van der Waals surface area contributed by atoms with Gasteiger partial charge in [0.25, 0.3) is 0 Å². The Hall–Kier alpha value is -1.84. The van der Waals surface area contributed by atoms with Crippen LogP contribution >= 0.6 is 11.6 Å². The maximum Gasteiger partial charge on any atom is 0.237 e. The van der Waals surface area contributed by atoms with Gasteiger partial charge in [0.1, 0.15) is 11.9 Å². The van der Waals surface area contributed by atoms with Crippen molar-refractivity contribution in [2.24, 2.45) is 0 Å². The van der Waals surface area contributed by atoms with Gasteiger partial charge < -0.3 is 15.5 Å². The Morgan fingerprint density at radius 3 is 3.09 bits per heavy atom. The summed E-state index contributed by atoms with van der Waals surface area (Å²) in [5, 5.41) is 16.0. The molecule has 1 amide bonds. The van der Waals surface area contributed by atoms with Gasteiger partial charge in [-0.2, -0.15) is 5.26 Å². The lowest BCUT2D eigenvalue weighted by molar-refractivity contribution is -0.130. The van der Waals surface area contributed by atoms with Crippen LogP contribution in [0.15, 0.2) is 18.3 Å². The van der Waals surface area contributed by atoms with E-state index >= 15 is 0 Å². The maximum absolute atomic E-state index is 12.2. The summed E-state index contributed by atoms with van der Waals surface area (Å²) in [5.41, 5.74) is -0.321. The van der Waals surface area contributed by atoms with Gasteiger partial charge in [-0.15, -0.1) is 0 Å². The average Bonchev–Trinajstić information content (AvgIpc) is 3.01. The van der Waals surface area contributed by atoms with Crippen molar-refractivity contribution < 1.29 is 4.79 Å². The molecule has 6 nitrogen and oxygen atoms in total. The normalized spacial score (nSPS) is 17.8. The largest absolute Gasteiger partial charge is 0.367 e. The number of carbonyl (C=O) groups excluding carboxylic acids is 1. The molecule has 124 valence electrons. The highest BCUT2D eigenvalue weighted by Crippen LogP contribution is 2.19. The van der Waals surface area contributed by atoms with Crippen LogP contribution in [0, 0.1) is 11.3 Å². The van der Waals surface area contributed by atoms with Crippen molar-refractivity contribution in [3.05, 3.63) is 23.4 Å². The van der Waals surface area contributed by atoms with Crippen molar-refractivity contribution in [3.8, 4) is 6.07 Å². The van der Waals surface area contributed by atoms with Crippen molar-refractivity contribution in [2.75, 3.05) is 25.0 Å². The Morgan fingerprint density at radius 1 is 1.61 bits per heavy atom. The van der Waals surface area contributed by atoms with Gasteiger partial charge in [-0.25, -0.2) is 4.98 Å². The van der Waals surface area contributed by atoms with Crippen LogP contribution in [-0.2, 0) is 4.79 Å². The number of halogens is 1. The Kier molecular flexibility index (Phi) is 5.80. The molecule has 0 bridgehead atoms. The van der Waals surface area contributed by atoms with E-state index in [1.54, 1.807) is 23.2 Å². The minimum Gasteiger partial charge on any atom is -0.367 e. The van der Waals surface area contributed by atoms with Crippen molar-refractivity contribution in [3.63, 3.8) is 0 Å². The molecule has 2 rings (SSSR count). The highest BCUT2D eigenvalue weighted by Gasteiger charge is 2.29. The maximum atomic E-state index is 12.2. The standard InChI is InChI=1S/C16H22ClN5O/c1-16(2,11-20-15-13(17)6-3-7-19-15)21-10-14(23)22-8-4-5-12(22)9-18/h3,6-7,12,21H,4-5,8,10-11H2,1-2H3,(H,19,20)/t12-/m0/s1. The van der Waals surface area contributed by atoms with E-state index in [0.717, 1.165) is 12.8 Å². The molecular formula is C16H22ClN5O. The van der Waals surface area contributed by atoms with Crippen molar-refractivity contribution >= 4 is 23.3 Å². The highest BCUT2D eigenvalue weighted by atomic mass is 35.5. The summed E-state index contributed by atoms with van der Waals surface area (Å²) < 4.78 is 0. The molecule has 0 aromatic carbocycles. The van der Waals surface area contributed by atoms with Gasteiger partial charge in [0, 0.05) is 24.8 Å². The fourth-order valence-electron chi connectivity index (χ4n) is 2.50. The summed E-state index contributed by atoms with van der Waals surface area (Å²) in [4.78, 5) is 18.1. The number of pyridine rings is 1. The third-order valence-electron chi connectivity index (χ3n) is 3.90. The second-order valence-electron chi connectivity index (χ2n) is 6.30. The lowest BCUT2D eigenvalue weighted by Crippen LogP contribution is -2.50. The van der Waals surface area contributed by atoms with E-state index in [-0.39, 0.29) is 24.0 Å². The topological polar surface area (TPSA) is 81.1 Å². The predicted molar refractivity (Wildman–Crippen MR) is 90.2 cm³/mol. The Morgan fingerprint density at radius 2 is 2.39 bits per heavy atom. The summed E-state index contributed by atoms with van der Waals surface area (Å²) in [7, 11) is 0. The summed E-state index contributed by atoms with van der Waals surface area (Å²) in [5.74, 6) is 0.595. The van der Waals surface area contributed by atoms with Crippen molar-refractivity contribution in [1.29, 1.82) is 5.26 Å². The van der Waals surface area contributed by atoms with Gasteiger partial charge in [0.05, 0.1) is 17.6 Å². The lowest BCUT2D eigenvalue weighted by Gasteiger charge is -2.28. The van der Waals surface area contributed by atoms with Gasteiger partial charge in [-0.05, 0) is 38.8 Å². The predicted octanol–water partition coefficient (Wildman–Crippen LogP) is 2.03. The van der Waals surface area contributed by atoms with E-state index in [2.05, 4.69) is 21.7 Å². The number of hydrogen-bond donors (Lipinski definition) is 2. The van der Waals surface area contributed by atoms with Crippen LogP contribution in [0.3, 0.4) is 0 Å². The molecule has 1 aliphatic rings. The third-order valence-corrected chi connectivity index (χ3v) is 4.20. The third kappa shape index (κ3) is 4.81. The van der Waals surface area contributed by atoms with Crippen molar-refractivity contribution in [1.82, 2.24) is 15.2 Å². The van der Waals surface area contributed by atoms with Crippen LogP contribution < -0.4 is 10.6 Å². The number of amides is 1. The lowest BCUT2D eigenvalue weighted by atomic mass is 10.1. The number of carbonyl (C=O) groups is 1. The molecule has 1 aromatic heterocycles. The number of hydrogen-bond acceptors (Lipinski definition) is 5. The molecule has 1 fully saturated rings. The zero-order valence-electron chi connectivity index (χ0n) is 13.5. The van der Waals surface area contributed by atoms with Crippen LogP contribution in [0.1, 0.15) is 26.7 Å². The SMILES string of the molecule is CC(C)(CNc1ncccc1Cl)NCC(=O)N1CCC[C@H]1C#N. The molecule has 0 spiro atoms. The molecule has 2 N–H and O–H groups in total. The molecule has 0 unspecified atom stereocenters. The first-order chi connectivity index (χ1) is 10.9. The summed E-state index contributed by atoms with van der Waals surface area (Å²) in [6, 6.07) is 5.46. The number of nitrogens with one attached hydrogen (secondary N) is 2. The van der Waals surface area contributed by atoms with Gasteiger partial charge in [-0.3, -0.25) is 4.79 Å². The van der Waals surface area contributed by atoms with Gasteiger partial charge in [0.15, 0.2) is 0 Å². The molecule has 2 heterocycles. The molecule has 0 aliphatic carbocycles. The van der Waals surface area contributed by atoms with E-state index in [0.29, 0.717) is 23.9 Å². The van der Waals surface area contributed by atoms with Crippen LogP contribution in [0.2, 0.25) is 5.02 Å². The van der Waals surface area contributed by atoms with E-state index < -0.39 is 0 Å².